The molecule has 1 aromatic carbocycles. The summed E-state index contributed by atoms with van der Waals surface area (Å²) in [6.45, 7) is 10.9. The molecule has 1 amide bonds. The van der Waals surface area contributed by atoms with Crippen LogP contribution in [0.4, 0.5) is 19.3 Å². The van der Waals surface area contributed by atoms with E-state index in [2.05, 4.69) is 24.6 Å². The smallest absolute Gasteiger partial charge is 0.418 e. The number of alkyl halides is 1. The number of aliphatic carboxylic acids is 1. The van der Waals surface area contributed by atoms with Crippen LogP contribution < -0.4 is 5.73 Å². The summed E-state index contributed by atoms with van der Waals surface area (Å²) in [5.41, 5.74) is 3.56. The van der Waals surface area contributed by atoms with Crippen molar-refractivity contribution in [1.82, 2.24) is 4.90 Å². The number of fused-ring (bicyclic) bond motifs is 1. The van der Waals surface area contributed by atoms with Crippen molar-refractivity contribution < 1.29 is 33.0 Å². The number of carboxylic acids is 1. The van der Waals surface area contributed by atoms with Crippen molar-refractivity contribution in [3.8, 4) is 0 Å². The van der Waals surface area contributed by atoms with E-state index in [1.807, 2.05) is 0 Å². The Morgan fingerprint density at radius 1 is 1.34 bits per heavy atom. The van der Waals surface area contributed by atoms with E-state index < -0.39 is 54.4 Å². The number of nitrogens with two attached hydrogens (primary N) is 1. The summed E-state index contributed by atoms with van der Waals surface area (Å²) in [5.74, 6) is -2.42. The molecule has 3 rings (SSSR count). The van der Waals surface area contributed by atoms with Gasteiger partial charge in [0.2, 0.25) is 0 Å². The Balaban J connectivity index is 2.10. The topological polar surface area (TPSA) is 114 Å². The molecule has 0 bridgehead atoms. The molecule has 12 heteroatoms. The monoisotopic (exact) mass is 569 g/mol. The minimum Gasteiger partial charge on any atom is -0.478 e. The van der Waals surface area contributed by atoms with Gasteiger partial charge in [0, 0.05) is 42.7 Å². The second-order valence-corrected chi connectivity index (χ2v) is 18.9. The lowest BCUT2D eigenvalue weighted by atomic mass is 9.84. The largest absolute Gasteiger partial charge is 0.478 e. The van der Waals surface area contributed by atoms with E-state index in [1.165, 1.54) is 23.1 Å². The third-order valence-corrected chi connectivity index (χ3v) is 9.50. The Labute approximate surface area is 227 Å². The summed E-state index contributed by atoms with van der Waals surface area (Å²) in [6.07, 6.45) is 2.02. The predicted molar refractivity (Wildman–Crippen MR) is 148 cm³/mol. The highest BCUT2D eigenvalue weighted by atomic mass is 32.2. The minimum atomic E-state index is -1.72. The normalized spacial score (nSPS) is 25.1. The molecule has 3 atom stereocenters. The number of amides is 1. The number of ether oxygens (including phenoxy) is 2. The number of anilines is 1. The van der Waals surface area contributed by atoms with Crippen LogP contribution in [0.15, 0.2) is 35.3 Å². The zero-order valence-electron chi connectivity index (χ0n) is 22.7. The third kappa shape index (κ3) is 6.95. The number of halogens is 2. The van der Waals surface area contributed by atoms with E-state index in [1.54, 1.807) is 20.8 Å². The van der Waals surface area contributed by atoms with Gasteiger partial charge in [-0.1, -0.05) is 37.5 Å². The number of aliphatic imine (C=N–C) groups is 1. The molecule has 0 unspecified atom stereocenters. The van der Waals surface area contributed by atoms with Crippen LogP contribution in [-0.2, 0) is 19.8 Å². The molecule has 1 aromatic rings. The summed E-state index contributed by atoms with van der Waals surface area (Å²) in [7, 11) is -1.42. The van der Waals surface area contributed by atoms with Crippen LogP contribution in [0.3, 0.4) is 0 Å². The van der Waals surface area contributed by atoms with Crippen LogP contribution in [0.1, 0.15) is 32.8 Å². The quantitative estimate of drug-likeness (QED) is 0.130. The average molecular weight is 570 g/mol. The SMILES string of the molecule is CC(C)(C)OC(=O)N(COCC[Si](C)(C)C)C1=N[C@](CF)(c2cc(N)ccc2F)[C@@H]2C[C@]2(C=CC(=O)O)S1. The molecule has 210 valence electrons. The van der Waals surface area contributed by atoms with Crippen LogP contribution in [-0.4, -0.2) is 65.7 Å². The van der Waals surface area contributed by atoms with Gasteiger partial charge in [-0.2, -0.15) is 0 Å². The number of hydrogen-bond acceptors (Lipinski definition) is 7. The fourth-order valence-corrected chi connectivity index (χ4v) is 6.55. The first-order valence-corrected chi connectivity index (χ1v) is 16.9. The molecule has 8 nitrogen and oxygen atoms in total. The van der Waals surface area contributed by atoms with E-state index in [0.29, 0.717) is 13.0 Å². The number of amidine groups is 1. The van der Waals surface area contributed by atoms with Gasteiger partial charge in [-0.15, -0.1) is 0 Å². The van der Waals surface area contributed by atoms with Crippen LogP contribution in [0.25, 0.3) is 0 Å². The van der Waals surface area contributed by atoms with Crippen LogP contribution >= 0.6 is 11.8 Å². The number of hydrogen-bond donors (Lipinski definition) is 2. The minimum absolute atomic E-state index is 0.0443. The Morgan fingerprint density at radius 3 is 2.61 bits per heavy atom. The van der Waals surface area contributed by atoms with Crippen LogP contribution in [0.5, 0.6) is 0 Å². The van der Waals surface area contributed by atoms with Crippen molar-refractivity contribution in [3.05, 3.63) is 41.7 Å². The van der Waals surface area contributed by atoms with E-state index in [-0.39, 0.29) is 23.1 Å². The zero-order chi connectivity index (χ0) is 28.5. The predicted octanol–water partition coefficient (Wildman–Crippen LogP) is 5.62. The molecule has 1 fully saturated rings. The standard InChI is InChI=1S/C26H37F2N3O5SSi/c1-24(2,3)36-23(34)31(16-35-11-12-38(4,5)6)22-30-26(15-27,18-13-17(29)7-8-19(18)28)20-14-25(20,37-22)10-9-21(32)33/h7-10,13,20H,11-12,14-16,29H2,1-6H3,(H,32,33)/t20-,25+,26-/m1/s1. The average Bonchev–Trinajstić information content (AvgIpc) is 3.52. The second kappa shape index (κ2) is 11.0. The molecule has 0 aromatic heterocycles. The summed E-state index contributed by atoms with van der Waals surface area (Å²) >= 11 is 1.13. The summed E-state index contributed by atoms with van der Waals surface area (Å²) in [6, 6.07) is 4.72. The van der Waals surface area contributed by atoms with E-state index >= 15 is 8.78 Å². The Morgan fingerprint density at radius 2 is 2.03 bits per heavy atom. The molecule has 0 radical (unpaired) electrons. The first kappa shape index (κ1) is 30.1. The second-order valence-electron chi connectivity index (χ2n) is 11.9. The molecular weight excluding hydrogens is 532 g/mol. The van der Waals surface area contributed by atoms with Crippen molar-refractivity contribution in [2.75, 3.05) is 25.7 Å². The van der Waals surface area contributed by atoms with Crippen molar-refractivity contribution in [2.24, 2.45) is 10.9 Å². The summed E-state index contributed by atoms with van der Waals surface area (Å²) in [4.78, 5) is 30.5. The molecule has 1 aliphatic heterocycles. The number of benzene rings is 1. The van der Waals surface area contributed by atoms with Gasteiger partial charge in [0.15, 0.2) is 5.17 Å². The van der Waals surface area contributed by atoms with Gasteiger partial charge in [0.25, 0.3) is 0 Å². The van der Waals surface area contributed by atoms with Crippen LogP contribution in [0.2, 0.25) is 25.7 Å². The number of carbonyl (C=O) groups is 2. The van der Waals surface area contributed by atoms with Crippen LogP contribution in [0, 0.1) is 11.7 Å². The molecule has 1 saturated carbocycles. The van der Waals surface area contributed by atoms with Gasteiger partial charge in [-0.3, -0.25) is 0 Å². The zero-order valence-corrected chi connectivity index (χ0v) is 24.5. The maximum absolute atomic E-state index is 15.1. The van der Waals surface area contributed by atoms with Gasteiger partial charge < -0.3 is 20.3 Å². The van der Waals surface area contributed by atoms with Crippen molar-refractivity contribution in [3.63, 3.8) is 0 Å². The molecule has 38 heavy (non-hydrogen) atoms. The number of rotatable bonds is 9. The molecule has 1 heterocycles. The summed E-state index contributed by atoms with van der Waals surface area (Å²) in [5, 5.41) is 9.35. The Bertz CT molecular complexity index is 1140. The first-order chi connectivity index (χ1) is 17.5. The number of carbonyl (C=O) groups excluding carboxylic acids is 1. The lowest BCUT2D eigenvalue weighted by Gasteiger charge is -2.38. The highest BCUT2D eigenvalue weighted by Gasteiger charge is 2.68. The molecule has 3 N–H and O–H groups in total. The molecule has 2 aliphatic rings. The van der Waals surface area contributed by atoms with Crippen molar-refractivity contribution in [2.45, 2.75) is 68.8 Å². The number of thioether (sulfide) groups is 1. The number of carboxylic acid groups (broad SMARTS) is 1. The number of nitrogens with zero attached hydrogens (tertiary/aromatic N) is 2. The lowest BCUT2D eigenvalue weighted by Crippen LogP contribution is -2.46. The maximum Gasteiger partial charge on any atom is 0.418 e. The van der Waals surface area contributed by atoms with Gasteiger partial charge in [-0.05, 0) is 51.4 Å². The highest BCUT2D eigenvalue weighted by molar-refractivity contribution is 8.15. The Kier molecular flexibility index (Phi) is 8.69. The summed E-state index contributed by atoms with van der Waals surface area (Å²) < 4.78 is 40.8. The first-order valence-electron chi connectivity index (χ1n) is 12.4. The van der Waals surface area contributed by atoms with Gasteiger partial charge in [0.1, 0.15) is 30.4 Å². The highest BCUT2D eigenvalue weighted by Crippen LogP contribution is 2.67. The molecular formula is C26H37F2N3O5SSi. The molecule has 0 spiro atoms. The lowest BCUT2D eigenvalue weighted by molar-refractivity contribution is -0.131. The van der Waals surface area contributed by atoms with Crippen molar-refractivity contribution in [1.29, 1.82) is 0 Å². The van der Waals surface area contributed by atoms with E-state index in [0.717, 1.165) is 29.9 Å². The van der Waals surface area contributed by atoms with E-state index in [4.69, 9.17) is 15.2 Å². The Hall–Kier alpha value is -2.44. The number of nitrogen functional groups attached to an aromatic ring is 1. The maximum atomic E-state index is 15.1. The fourth-order valence-electron chi connectivity index (χ4n) is 4.29. The van der Waals surface area contributed by atoms with Gasteiger partial charge in [0.05, 0.1) is 0 Å². The molecule has 1 aliphatic carbocycles. The van der Waals surface area contributed by atoms with E-state index in [9.17, 15) is 14.7 Å². The third-order valence-electron chi connectivity index (χ3n) is 6.34. The van der Waals surface area contributed by atoms with Gasteiger partial charge in [-0.25, -0.2) is 28.3 Å². The van der Waals surface area contributed by atoms with Gasteiger partial charge >= 0.3 is 12.1 Å². The van der Waals surface area contributed by atoms with Crippen molar-refractivity contribution >= 4 is 42.8 Å². The fraction of sp³-hybridized carbons (Fsp3) is 0.577. The molecule has 0 saturated heterocycles.